The van der Waals surface area contributed by atoms with Crippen LogP contribution in [0, 0.1) is 11.8 Å². The maximum absolute atomic E-state index is 4.25. The Morgan fingerprint density at radius 2 is 1.50 bits per heavy atom. The summed E-state index contributed by atoms with van der Waals surface area (Å²) in [6.45, 7) is 0. The highest BCUT2D eigenvalue weighted by molar-refractivity contribution is 5.06. The van der Waals surface area contributed by atoms with E-state index in [2.05, 4.69) is 16.9 Å². The van der Waals surface area contributed by atoms with Gasteiger partial charge in [0.1, 0.15) is 0 Å². The lowest BCUT2D eigenvalue weighted by Crippen LogP contribution is -1.82. The Morgan fingerprint density at radius 3 is 1.60 bits per heavy atom. The maximum Gasteiger partial charge on any atom is 0.0351 e. The molecule has 10 heavy (non-hydrogen) atoms. The summed E-state index contributed by atoms with van der Waals surface area (Å²) < 4.78 is 4.25. The summed E-state index contributed by atoms with van der Waals surface area (Å²) in [5, 5.41) is 0. The van der Waals surface area contributed by atoms with Crippen LogP contribution < -0.4 is 0 Å². The molecule has 0 aromatic rings. The first-order valence-electron chi connectivity index (χ1n) is 3.95. The minimum Gasteiger partial charge on any atom is -0.388 e. The second kappa shape index (κ2) is 3.77. The number of hydrogen-bond acceptors (Lipinski definition) is 1. The molecule has 0 spiro atoms. The third-order valence-electron chi connectivity index (χ3n) is 2.17. The van der Waals surface area contributed by atoms with Crippen LogP contribution >= 0.6 is 0 Å². The normalized spacial score (nSPS) is 33.8. The second-order valence-corrected chi connectivity index (χ2v) is 3.13. The number of methoxy groups -OCH3 is 1. The van der Waals surface area contributed by atoms with Crippen LogP contribution in [0.5, 0.6) is 0 Å². The van der Waals surface area contributed by atoms with Gasteiger partial charge in [0.05, 0.1) is 0 Å². The van der Waals surface area contributed by atoms with E-state index in [9.17, 15) is 0 Å². The van der Waals surface area contributed by atoms with E-state index in [1.54, 1.807) is 14.2 Å². The third kappa shape index (κ3) is 1.84. The molecular formula is C9H16O. The Kier molecular flexibility index (Phi) is 2.94. The molecule has 1 heteroatoms. The first-order chi connectivity index (χ1) is 4.86. The molecule has 2 atom stereocenters. The lowest BCUT2D eigenvalue weighted by atomic mass is 10.1. The van der Waals surface area contributed by atoms with Gasteiger partial charge in [-0.3, -0.25) is 0 Å². The molecule has 0 heterocycles. The van der Waals surface area contributed by atoms with Crippen LogP contribution in [0.15, 0.2) is 12.2 Å². The molecule has 2 aliphatic carbocycles. The summed E-state index contributed by atoms with van der Waals surface area (Å²) in [6, 6.07) is 0. The van der Waals surface area contributed by atoms with E-state index in [1.807, 2.05) is 0 Å². The van der Waals surface area contributed by atoms with Crippen LogP contribution in [-0.4, -0.2) is 14.2 Å². The van der Waals surface area contributed by atoms with E-state index in [0.717, 1.165) is 11.8 Å². The smallest absolute Gasteiger partial charge is 0.0351 e. The van der Waals surface area contributed by atoms with Gasteiger partial charge in [-0.05, 0) is 31.1 Å². The Hall–Kier alpha value is -0.300. The molecule has 2 rings (SSSR count). The van der Waals surface area contributed by atoms with Gasteiger partial charge in [-0.25, -0.2) is 0 Å². The molecule has 0 radical (unpaired) electrons. The van der Waals surface area contributed by atoms with Gasteiger partial charge < -0.3 is 4.74 Å². The Labute approximate surface area is 63.1 Å². The SMILES string of the molecule is C1=CC2CCC1C2.COC. The lowest BCUT2D eigenvalue weighted by molar-refractivity contribution is 0.277. The average Bonchev–Trinajstić information content (AvgIpc) is 2.49. The minimum atomic E-state index is 0.991. The fourth-order valence-corrected chi connectivity index (χ4v) is 1.72. The van der Waals surface area contributed by atoms with Gasteiger partial charge in [-0.2, -0.15) is 0 Å². The first kappa shape index (κ1) is 7.80. The predicted octanol–water partition coefficient (Wildman–Crippen LogP) is 2.24. The van der Waals surface area contributed by atoms with Crippen molar-refractivity contribution in [2.45, 2.75) is 19.3 Å². The molecule has 2 bridgehead atoms. The molecular weight excluding hydrogens is 124 g/mol. The van der Waals surface area contributed by atoms with Gasteiger partial charge in [-0.1, -0.05) is 12.2 Å². The fourth-order valence-electron chi connectivity index (χ4n) is 1.72. The van der Waals surface area contributed by atoms with Gasteiger partial charge in [0.2, 0.25) is 0 Å². The number of allylic oxidation sites excluding steroid dienone is 2. The zero-order valence-electron chi connectivity index (χ0n) is 6.84. The second-order valence-electron chi connectivity index (χ2n) is 3.13. The standard InChI is InChI=1S/C7H10.C2H6O/c1-2-7-4-3-6(1)5-7;1-3-2/h1-2,6-7H,3-5H2;1-2H3. The largest absolute Gasteiger partial charge is 0.388 e. The van der Waals surface area contributed by atoms with E-state index in [4.69, 9.17) is 0 Å². The third-order valence-corrected chi connectivity index (χ3v) is 2.17. The van der Waals surface area contributed by atoms with Crippen LogP contribution in [0.25, 0.3) is 0 Å². The zero-order chi connectivity index (χ0) is 7.40. The molecule has 0 amide bonds. The highest BCUT2D eigenvalue weighted by atomic mass is 16.4. The number of rotatable bonds is 0. The van der Waals surface area contributed by atoms with Crippen molar-refractivity contribution in [2.75, 3.05) is 14.2 Å². The zero-order valence-corrected chi connectivity index (χ0v) is 6.84. The highest BCUT2D eigenvalue weighted by Crippen LogP contribution is 2.38. The van der Waals surface area contributed by atoms with Crippen molar-refractivity contribution in [1.29, 1.82) is 0 Å². The molecule has 0 N–H and O–H groups in total. The van der Waals surface area contributed by atoms with Gasteiger partial charge in [0, 0.05) is 14.2 Å². The number of hydrogen-bond donors (Lipinski definition) is 0. The summed E-state index contributed by atoms with van der Waals surface area (Å²) in [5.41, 5.74) is 0. The minimum absolute atomic E-state index is 0.991. The molecule has 1 saturated carbocycles. The lowest BCUT2D eigenvalue weighted by Gasteiger charge is -1.96. The van der Waals surface area contributed by atoms with E-state index in [-0.39, 0.29) is 0 Å². The maximum atomic E-state index is 4.25. The summed E-state index contributed by atoms with van der Waals surface area (Å²) in [4.78, 5) is 0. The average molecular weight is 140 g/mol. The van der Waals surface area contributed by atoms with Crippen molar-refractivity contribution >= 4 is 0 Å². The summed E-state index contributed by atoms with van der Waals surface area (Å²) in [7, 11) is 3.25. The topological polar surface area (TPSA) is 9.23 Å². The van der Waals surface area contributed by atoms with Crippen molar-refractivity contribution in [3.05, 3.63) is 12.2 Å². The predicted molar refractivity (Wildman–Crippen MR) is 42.9 cm³/mol. The Balaban J connectivity index is 0.000000148. The molecule has 2 unspecified atom stereocenters. The van der Waals surface area contributed by atoms with Crippen LogP contribution in [0.4, 0.5) is 0 Å². The monoisotopic (exact) mass is 140 g/mol. The summed E-state index contributed by atoms with van der Waals surface area (Å²) >= 11 is 0. The summed E-state index contributed by atoms with van der Waals surface area (Å²) in [5.74, 6) is 1.98. The molecule has 1 fully saturated rings. The van der Waals surface area contributed by atoms with Crippen LogP contribution in [0.3, 0.4) is 0 Å². The van der Waals surface area contributed by atoms with Crippen molar-refractivity contribution in [3.63, 3.8) is 0 Å². The van der Waals surface area contributed by atoms with Crippen LogP contribution in [-0.2, 0) is 4.74 Å². The van der Waals surface area contributed by atoms with Gasteiger partial charge >= 0.3 is 0 Å². The van der Waals surface area contributed by atoms with E-state index < -0.39 is 0 Å². The van der Waals surface area contributed by atoms with Crippen molar-refractivity contribution < 1.29 is 4.74 Å². The first-order valence-corrected chi connectivity index (χ1v) is 3.95. The molecule has 0 aromatic heterocycles. The quantitative estimate of drug-likeness (QED) is 0.469. The van der Waals surface area contributed by atoms with Gasteiger partial charge in [0.15, 0.2) is 0 Å². The van der Waals surface area contributed by atoms with Crippen molar-refractivity contribution in [3.8, 4) is 0 Å². The Bertz CT molecular complexity index is 106. The van der Waals surface area contributed by atoms with Gasteiger partial charge in [-0.15, -0.1) is 0 Å². The number of fused-ring (bicyclic) bond motifs is 2. The summed E-state index contributed by atoms with van der Waals surface area (Å²) in [6.07, 6.45) is 9.19. The van der Waals surface area contributed by atoms with E-state index in [1.165, 1.54) is 19.3 Å². The van der Waals surface area contributed by atoms with E-state index in [0.29, 0.717) is 0 Å². The van der Waals surface area contributed by atoms with Crippen LogP contribution in [0.2, 0.25) is 0 Å². The molecule has 0 aliphatic heterocycles. The molecule has 0 aromatic carbocycles. The molecule has 1 nitrogen and oxygen atoms in total. The molecule has 2 aliphatic rings. The fraction of sp³-hybridized carbons (Fsp3) is 0.778. The van der Waals surface area contributed by atoms with Crippen molar-refractivity contribution in [1.82, 2.24) is 0 Å². The molecule has 58 valence electrons. The Morgan fingerprint density at radius 1 is 1.10 bits per heavy atom. The van der Waals surface area contributed by atoms with Gasteiger partial charge in [0.25, 0.3) is 0 Å². The number of ether oxygens (including phenoxy) is 1. The molecule has 0 saturated heterocycles. The van der Waals surface area contributed by atoms with E-state index >= 15 is 0 Å². The highest BCUT2D eigenvalue weighted by Gasteiger charge is 2.25. The van der Waals surface area contributed by atoms with Crippen molar-refractivity contribution in [2.24, 2.45) is 11.8 Å². The van der Waals surface area contributed by atoms with Crippen LogP contribution in [0.1, 0.15) is 19.3 Å².